The van der Waals surface area contributed by atoms with E-state index in [4.69, 9.17) is 16.3 Å². The molecule has 0 aliphatic rings. The maximum absolute atomic E-state index is 12.9. The number of methoxy groups -OCH3 is 1. The lowest BCUT2D eigenvalue weighted by Gasteiger charge is -2.16. The first kappa shape index (κ1) is 16.9. The van der Waals surface area contributed by atoms with Gasteiger partial charge in [0.1, 0.15) is 5.82 Å². The maximum atomic E-state index is 12.9. The number of alkyl halides is 3. The first-order chi connectivity index (χ1) is 10.3. The molecule has 1 unspecified atom stereocenters. The number of nitrogens with zero attached hydrogens (tertiary/aromatic N) is 2. The quantitative estimate of drug-likeness (QED) is 0.808. The molecule has 2 aromatic rings. The SMILES string of the molecule is COc1cc(C(F)(F)F)nc(C(SC)c2cccc(Cl)c2)n1. The lowest BCUT2D eigenvalue weighted by molar-refractivity contribution is -0.141. The van der Waals surface area contributed by atoms with Crippen molar-refractivity contribution >= 4 is 23.4 Å². The second kappa shape index (κ2) is 6.75. The van der Waals surface area contributed by atoms with Crippen LogP contribution < -0.4 is 4.74 Å². The maximum Gasteiger partial charge on any atom is 0.433 e. The Morgan fingerprint density at radius 1 is 1.23 bits per heavy atom. The van der Waals surface area contributed by atoms with E-state index in [2.05, 4.69) is 9.97 Å². The van der Waals surface area contributed by atoms with E-state index in [-0.39, 0.29) is 11.7 Å². The monoisotopic (exact) mass is 348 g/mol. The van der Waals surface area contributed by atoms with Crippen molar-refractivity contribution in [2.75, 3.05) is 13.4 Å². The summed E-state index contributed by atoms with van der Waals surface area (Å²) < 4.78 is 43.7. The summed E-state index contributed by atoms with van der Waals surface area (Å²) in [6.07, 6.45) is -2.80. The molecule has 1 atom stereocenters. The van der Waals surface area contributed by atoms with E-state index in [0.717, 1.165) is 11.6 Å². The Hall–Kier alpha value is -1.47. The Balaban J connectivity index is 2.53. The van der Waals surface area contributed by atoms with Crippen LogP contribution in [0.5, 0.6) is 5.88 Å². The van der Waals surface area contributed by atoms with Gasteiger partial charge >= 0.3 is 6.18 Å². The van der Waals surface area contributed by atoms with E-state index >= 15 is 0 Å². The van der Waals surface area contributed by atoms with Crippen molar-refractivity contribution in [1.82, 2.24) is 9.97 Å². The fourth-order valence-corrected chi connectivity index (χ4v) is 2.80. The zero-order valence-electron chi connectivity index (χ0n) is 11.7. The number of thioether (sulfide) groups is 1. The predicted octanol–water partition coefficient (Wildman–Crippen LogP) is 4.61. The van der Waals surface area contributed by atoms with Gasteiger partial charge in [-0.1, -0.05) is 23.7 Å². The number of rotatable bonds is 4. The molecule has 22 heavy (non-hydrogen) atoms. The van der Waals surface area contributed by atoms with Gasteiger partial charge in [-0.25, -0.2) is 4.98 Å². The highest BCUT2D eigenvalue weighted by Gasteiger charge is 2.34. The lowest BCUT2D eigenvalue weighted by Crippen LogP contribution is -2.13. The Morgan fingerprint density at radius 2 is 1.95 bits per heavy atom. The van der Waals surface area contributed by atoms with Crippen molar-refractivity contribution in [3.8, 4) is 5.88 Å². The van der Waals surface area contributed by atoms with Gasteiger partial charge in [-0.05, 0) is 24.0 Å². The van der Waals surface area contributed by atoms with Crippen LogP contribution in [0.15, 0.2) is 30.3 Å². The van der Waals surface area contributed by atoms with Crippen molar-refractivity contribution in [1.29, 1.82) is 0 Å². The summed E-state index contributed by atoms with van der Waals surface area (Å²) in [6, 6.07) is 7.64. The minimum absolute atomic E-state index is 0.0291. The molecule has 0 bridgehead atoms. The second-order valence-electron chi connectivity index (χ2n) is 4.32. The summed E-state index contributed by atoms with van der Waals surface area (Å²) in [5.41, 5.74) is -0.309. The zero-order chi connectivity index (χ0) is 16.3. The van der Waals surface area contributed by atoms with E-state index in [0.29, 0.717) is 5.02 Å². The first-order valence-corrected chi connectivity index (χ1v) is 7.80. The van der Waals surface area contributed by atoms with Crippen LogP contribution in [-0.4, -0.2) is 23.3 Å². The average molecular weight is 349 g/mol. The Labute approximate surface area is 134 Å². The molecule has 0 amide bonds. The number of halogens is 4. The summed E-state index contributed by atoms with van der Waals surface area (Å²) in [5, 5.41) is 0.0189. The fraction of sp³-hybridized carbons (Fsp3) is 0.286. The predicted molar refractivity (Wildman–Crippen MR) is 80.4 cm³/mol. The molecule has 3 nitrogen and oxygen atoms in total. The van der Waals surface area contributed by atoms with Crippen LogP contribution in [-0.2, 0) is 6.18 Å². The molecule has 0 saturated carbocycles. The number of aromatic nitrogens is 2. The Morgan fingerprint density at radius 3 is 2.50 bits per heavy atom. The van der Waals surface area contributed by atoms with Gasteiger partial charge in [0.15, 0.2) is 5.69 Å². The summed E-state index contributed by atoms with van der Waals surface area (Å²) >= 11 is 7.26. The van der Waals surface area contributed by atoms with Gasteiger partial charge in [0.2, 0.25) is 5.88 Å². The van der Waals surface area contributed by atoms with E-state index < -0.39 is 17.1 Å². The number of hydrogen-bond donors (Lipinski definition) is 0. The zero-order valence-corrected chi connectivity index (χ0v) is 13.3. The van der Waals surface area contributed by atoms with Gasteiger partial charge in [0, 0.05) is 11.1 Å². The molecule has 1 heterocycles. The average Bonchev–Trinajstić information content (AvgIpc) is 2.47. The Bertz CT molecular complexity index is 667. The molecule has 0 fully saturated rings. The third kappa shape index (κ3) is 3.84. The van der Waals surface area contributed by atoms with E-state index in [1.54, 1.807) is 30.5 Å². The number of benzene rings is 1. The third-order valence-corrected chi connectivity index (χ3v) is 4.03. The van der Waals surface area contributed by atoms with Crippen LogP contribution in [0.25, 0.3) is 0 Å². The summed E-state index contributed by atoms with van der Waals surface area (Å²) in [5.74, 6) is -0.0974. The molecule has 0 aliphatic carbocycles. The van der Waals surface area contributed by atoms with Gasteiger partial charge < -0.3 is 4.74 Å². The van der Waals surface area contributed by atoms with Crippen molar-refractivity contribution in [3.05, 3.63) is 52.4 Å². The van der Waals surface area contributed by atoms with E-state index in [9.17, 15) is 13.2 Å². The lowest BCUT2D eigenvalue weighted by atomic mass is 10.1. The van der Waals surface area contributed by atoms with Gasteiger partial charge in [-0.3, -0.25) is 0 Å². The van der Waals surface area contributed by atoms with Crippen molar-refractivity contribution in [2.24, 2.45) is 0 Å². The van der Waals surface area contributed by atoms with Crippen LogP contribution in [0.2, 0.25) is 5.02 Å². The summed E-state index contributed by atoms with van der Waals surface area (Å²) in [7, 11) is 1.26. The highest BCUT2D eigenvalue weighted by atomic mass is 35.5. The van der Waals surface area contributed by atoms with Crippen LogP contribution in [0, 0.1) is 0 Å². The van der Waals surface area contributed by atoms with Gasteiger partial charge in [-0.2, -0.15) is 18.2 Å². The Kier molecular flexibility index (Phi) is 5.18. The van der Waals surface area contributed by atoms with Crippen LogP contribution in [0.3, 0.4) is 0 Å². The normalized spacial score (nSPS) is 13.0. The highest BCUT2D eigenvalue weighted by Crippen LogP contribution is 2.36. The molecule has 118 valence electrons. The highest BCUT2D eigenvalue weighted by molar-refractivity contribution is 7.99. The number of hydrogen-bond acceptors (Lipinski definition) is 4. The van der Waals surface area contributed by atoms with Crippen LogP contribution in [0.1, 0.15) is 22.3 Å². The molecule has 1 aromatic carbocycles. The largest absolute Gasteiger partial charge is 0.481 e. The standard InChI is InChI=1S/C14H12ClF3N2OS/c1-21-11-7-10(14(16,17)18)19-13(20-11)12(22-2)8-4-3-5-9(15)6-8/h3-7,12H,1-2H3. The molecule has 8 heteroatoms. The van der Waals surface area contributed by atoms with Crippen LogP contribution in [0.4, 0.5) is 13.2 Å². The van der Waals surface area contributed by atoms with Crippen molar-refractivity contribution in [3.63, 3.8) is 0 Å². The molecule has 0 saturated heterocycles. The van der Waals surface area contributed by atoms with Gasteiger partial charge in [0.05, 0.1) is 12.4 Å². The summed E-state index contributed by atoms with van der Waals surface area (Å²) in [4.78, 5) is 7.70. The van der Waals surface area contributed by atoms with Crippen molar-refractivity contribution in [2.45, 2.75) is 11.4 Å². The smallest absolute Gasteiger partial charge is 0.433 e. The van der Waals surface area contributed by atoms with E-state index in [1.165, 1.54) is 18.9 Å². The molecule has 0 aliphatic heterocycles. The molecule has 1 aromatic heterocycles. The number of ether oxygens (including phenoxy) is 1. The molecule has 2 rings (SSSR count). The molecule has 0 N–H and O–H groups in total. The second-order valence-corrected chi connectivity index (χ2v) is 5.70. The van der Waals surface area contributed by atoms with Crippen molar-refractivity contribution < 1.29 is 17.9 Å². The summed E-state index contributed by atoms with van der Waals surface area (Å²) in [6.45, 7) is 0. The van der Waals surface area contributed by atoms with Gasteiger partial charge in [-0.15, -0.1) is 11.8 Å². The van der Waals surface area contributed by atoms with Crippen LogP contribution >= 0.6 is 23.4 Å². The fourth-order valence-electron chi connectivity index (χ4n) is 1.87. The topological polar surface area (TPSA) is 35.0 Å². The van der Waals surface area contributed by atoms with E-state index in [1.807, 2.05) is 0 Å². The first-order valence-electron chi connectivity index (χ1n) is 6.13. The minimum atomic E-state index is -4.57. The third-order valence-electron chi connectivity index (χ3n) is 2.84. The molecular formula is C14H12ClF3N2OS. The molecule has 0 radical (unpaired) electrons. The molecular weight excluding hydrogens is 337 g/mol. The minimum Gasteiger partial charge on any atom is -0.481 e. The van der Waals surface area contributed by atoms with Gasteiger partial charge in [0.25, 0.3) is 0 Å². The molecule has 0 spiro atoms.